The van der Waals surface area contributed by atoms with E-state index >= 15 is 0 Å². The summed E-state index contributed by atoms with van der Waals surface area (Å²) in [6, 6.07) is 10.5. The SMILES string of the molecule is Cc1nc2cc(N[C@H](C)C(=O)Nc3cc(Cl)ccc3C)ccc2o1. The van der Waals surface area contributed by atoms with Crippen LogP contribution in [0.1, 0.15) is 18.4 Å². The van der Waals surface area contributed by atoms with Gasteiger partial charge < -0.3 is 15.1 Å². The third-order valence-corrected chi connectivity index (χ3v) is 3.96. The van der Waals surface area contributed by atoms with E-state index in [0.717, 1.165) is 22.4 Å². The highest BCUT2D eigenvalue weighted by Gasteiger charge is 2.14. The number of hydrogen-bond donors (Lipinski definition) is 2. The minimum Gasteiger partial charge on any atom is -0.441 e. The maximum absolute atomic E-state index is 12.4. The molecule has 0 spiro atoms. The molecule has 3 aromatic rings. The van der Waals surface area contributed by atoms with Gasteiger partial charge in [0.1, 0.15) is 11.6 Å². The maximum Gasteiger partial charge on any atom is 0.246 e. The van der Waals surface area contributed by atoms with Crippen molar-refractivity contribution in [2.45, 2.75) is 26.8 Å². The van der Waals surface area contributed by atoms with Crippen LogP contribution in [0.25, 0.3) is 11.1 Å². The summed E-state index contributed by atoms with van der Waals surface area (Å²) in [6.07, 6.45) is 0. The number of aromatic nitrogens is 1. The number of anilines is 2. The molecule has 0 unspecified atom stereocenters. The Morgan fingerprint density at radius 3 is 2.79 bits per heavy atom. The minimum atomic E-state index is -0.422. The Bertz CT molecular complexity index is 904. The molecule has 2 aromatic carbocycles. The molecule has 1 atom stereocenters. The van der Waals surface area contributed by atoms with Gasteiger partial charge in [0.2, 0.25) is 5.91 Å². The molecule has 0 radical (unpaired) electrons. The van der Waals surface area contributed by atoms with Gasteiger partial charge in [0, 0.05) is 23.3 Å². The third kappa shape index (κ3) is 3.51. The topological polar surface area (TPSA) is 67.2 Å². The molecular formula is C18H18ClN3O2. The number of carbonyl (C=O) groups excluding carboxylic acids is 1. The first kappa shape index (κ1) is 16.3. The second-order valence-electron chi connectivity index (χ2n) is 5.73. The van der Waals surface area contributed by atoms with Gasteiger partial charge in [-0.05, 0) is 49.7 Å². The molecule has 0 aliphatic rings. The van der Waals surface area contributed by atoms with Crippen molar-refractivity contribution >= 4 is 40.0 Å². The van der Waals surface area contributed by atoms with Crippen LogP contribution >= 0.6 is 11.6 Å². The molecule has 0 aliphatic heterocycles. The van der Waals surface area contributed by atoms with Gasteiger partial charge in [-0.3, -0.25) is 4.79 Å². The molecule has 2 N–H and O–H groups in total. The summed E-state index contributed by atoms with van der Waals surface area (Å²) in [7, 11) is 0. The fourth-order valence-electron chi connectivity index (χ4n) is 2.42. The summed E-state index contributed by atoms with van der Waals surface area (Å²) in [4.78, 5) is 16.7. The van der Waals surface area contributed by atoms with E-state index in [1.54, 1.807) is 26.0 Å². The van der Waals surface area contributed by atoms with Crippen molar-refractivity contribution in [1.82, 2.24) is 4.98 Å². The van der Waals surface area contributed by atoms with Gasteiger partial charge >= 0.3 is 0 Å². The number of carbonyl (C=O) groups is 1. The lowest BCUT2D eigenvalue weighted by Crippen LogP contribution is -2.32. The number of fused-ring (bicyclic) bond motifs is 1. The highest BCUT2D eigenvalue weighted by molar-refractivity contribution is 6.31. The molecule has 0 bridgehead atoms. The second-order valence-corrected chi connectivity index (χ2v) is 6.17. The van der Waals surface area contributed by atoms with Crippen LogP contribution in [0.15, 0.2) is 40.8 Å². The Morgan fingerprint density at radius 2 is 2.00 bits per heavy atom. The fraction of sp³-hybridized carbons (Fsp3) is 0.222. The number of nitrogens with zero attached hydrogens (tertiary/aromatic N) is 1. The normalized spacial score (nSPS) is 12.2. The minimum absolute atomic E-state index is 0.142. The largest absolute Gasteiger partial charge is 0.441 e. The molecule has 6 heteroatoms. The van der Waals surface area contributed by atoms with Crippen molar-refractivity contribution in [2.75, 3.05) is 10.6 Å². The van der Waals surface area contributed by atoms with Gasteiger partial charge in [-0.1, -0.05) is 17.7 Å². The van der Waals surface area contributed by atoms with Crippen LogP contribution in [0.5, 0.6) is 0 Å². The molecular weight excluding hydrogens is 326 g/mol. The number of amides is 1. The van der Waals surface area contributed by atoms with Gasteiger partial charge in [-0.25, -0.2) is 4.98 Å². The average Bonchev–Trinajstić information content (AvgIpc) is 2.90. The summed E-state index contributed by atoms with van der Waals surface area (Å²) in [5.74, 6) is 0.473. The Balaban J connectivity index is 1.71. The first-order valence-electron chi connectivity index (χ1n) is 7.63. The lowest BCUT2D eigenvalue weighted by Gasteiger charge is -2.16. The molecule has 1 aromatic heterocycles. The van der Waals surface area contributed by atoms with E-state index in [1.165, 1.54) is 0 Å². The van der Waals surface area contributed by atoms with Crippen molar-refractivity contribution in [2.24, 2.45) is 0 Å². The Labute approximate surface area is 145 Å². The monoisotopic (exact) mass is 343 g/mol. The van der Waals surface area contributed by atoms with Crippen LogP contribution in [0, 0.1) is 13.8 Å². The number of nitrogens with one attached hydrogen (secondary N) is 2. The van der Waals surface area contributed by atoms with E-state index in [-0.39, 0.29) is 5.91 Å². The van der Waals surface area contributed by atoms with Crippen LogP contribution in [-0.2, 0) is 4.79 Å². The molecule has 0 saturated heterocycles. The zero-order chi connectivity index (χ0) is 17.3. The predicted molar refractivity (Wildman–Crippen MR) is 96.6 cm³/mol. The quantitative estimate of drug-likeness (QED) is 0.730. The molecule has 124 valence electrons. The Kier molecular flexibility index (Phi) is 4.44. The molecule has 1 amide bonds. The summed E-state index contributed by atoms with van der Waals surface area (Å²) >= 11 is 5.98. The standard InChI is InChI=1S/C18H18ClN3O2/c1-10-4-5-13(19)8-15(10)22-18(23)11(2)20-14-6-7-17-16(9-14)21-12(3)24-17/h4-9,11,20H,1-3H3,(H,22,23)/t11-/m1/s1. The molecule has 0 aliphatic carbocycles. The molecule has 0 saturated carbocycles. The summed E-state index contributed by atoms with van der Waals surface area (Å²) in [5, 5.41) is 6.65. The fourth-order valence-corrected chi connectivity index (χ4v) is 2.59. The highest BCUT2D eigenvalue weighted by atomic mass is 35.5. The van der Waals surface area contributed by atoms with E-state index in [2.05, 4.69) is 15.6 Å². The second kappa shape index (κ2) is 6.53. The van der Waals surface area contributed by atoms with E-state index < -0.39 is 6.04 Å². The van der Waals surface area contributed by atoms with Gasteiger partial charge in [0.15, 0.2) is 11.5 Å². The van der Waals surface area contributed by atoms with Gasteiger partial charge in [0.05, 0.1) is 0 Å². The lowest BCUT2D eigenvalue weighted by molar-refractivity contribution is -0.116. The Hall–Kier alpha value is -2.53. The number of halogens is 1. The van der Waals surface area contributed by atoms with Crippen LogP contribution in [0.3, 0.4) is 0 Å². The van der Waals surface area contributed by atoms with E-state index in [4.69, 9.17) is 16.0 Å². The van der Waals surface area contributed by atoms with Gasteiger partial charge in [-0.15, -0.1) is 0 Å². The zero-order valence-corrected chi connectivity index (χ0v) is 14.4. The number of aryl methyl sites for hydroxylation is 2. The predicted octanol–water partition coefficient (Wildman–Crippen LogP) is 4.54. The maximum atomic E-state index is 12.4. The summed E-state index contributed by atoms with van der Waals surface area (Å²) < 4.78 is 5.45. The van der Waals surface area contributed by atoms with Crippen molar-refractivity contribution in [3.63, 3.8) is 0 Å². The van der Waals surface area contributed by atoms with Crippen LogP contribution in [0.2, 0.25) is 5.02 Å². The first-order chi connectivity index (χ1) is 11.4. The van der Waals surface area contributed by atoms with Gasteiger partial charge in [-0.2, -0.15) is 0 Å². The molecule has 0 fully saturated rings. The van der Waals surface area contributed by atoms with Gasteiger partial charge in [0.25, 0.3) is 0 Å². The first-order valence-corrected chi connectivity index (χ1v) is 8.01. The smallest absolute Gasteiger partial charge is 0.246 e. The van der Waals surface area contributed by atoms with Crippen LogP contribution in [0.4, 0.5) is 11.4 Å². The molecule has 3 rings (SSSR count). The molecule has 5 nitrogen and oxygen atoms in total. The average molecular weight is 344 g/mol. The van der Waals surface area contributed by atoms with E-state index in [9.17, 15) is 4.79 Å². The zero-order valence-electron chi connectivity index (χ0n) is 13.7. The lowest BCUT2D eigenvalue weighted by atomic mass is 10.2. The van der Waals surface area contributed by atoms with E-state index in [1.807, 2.05) is 31.2 Å². The summed E-state index contributed by atoms with van der Waals surface area (Å²) in [6.45, 7) is 5.52. The van der Waals surface area contributed by atoms with Crippen LogP contribution in [-0.4, -0.2) is 16.9 Å². The number of oxazole rings is 1. The highest BCUT2D eigenvalue weighted by Crippen LogP contribution is 2.22. The molecule has 1 heterocycles. The summed E-state index contributed by atoms with van der Waals surface area (Å²) in [5.41, 5.74) is 3.96. The third-order valence-electron chi connectivity index (χ3n) is 3.73. The van der Waals surface area contributed by atoms with Crippen molar-refractivity contribution in [1.29, 1.82) is 0 Å². The number of rotatable bonds is 4. The van der Waals surface area contributed by atoms with Crippen LogP contribution < -0.4 is 10.6 Å². The Morgan fingerprint density at radius 1 is 1.21 bits per heavy atom. The van der Waals surface area contributed by atoms with Crippen molar-refractivity contribution < 1.29 is 9.21 Å². The van der Waals surface area contributed by atoms with E-state index in [0.29, 0.717) is 16.6 Å². The number of benzene rings is 2. The molecule has 24 heavy (non-hydrogen) atoms. The van der Waals surface area contributed by atoms with Crippen molar-refractivity contribution in [3.8, 4) is 0 Å². The number of hydrogen-bond acceptors (Lipinski definition) is 4. The van der Waals surface area contributed by atoms with Crippen molar-refractivity contribution in [3.05, 3.63) is 52.9 Å².